The number of nitrogens with zero attached hydrogens (tertiary/aromatic N) is 1. The van der Waals surface area contributed by atoms with Gasteiger partial charge in [-0.25, -0.2) is 0 Å². The average Bonchev–Trinajstić information content (AvgIpc) is 3.75. The molecule has 7 aromatic carbocycles. The molecule has 0 saturated heterocycles. The van der Waals surface area contributed by atoms with Crippen molar-refractivity contribution >= 4 is 75.3 Å². The Labute approximate surface area is 263 Å². The minimum Gasteiger partial charge on any atom is -0.454 e. The smallest absolute Gasteiger partial charge is 0.161 e. The first-order valence-electron chi connectivity index (χ1n) is 15.3. The quantitative estimate of drug-likeness (QED) is 0.200. The molecule has 0 atom stereocenters. The SMILES string of the molecule is c1ccc(-n2c3ccccc3c3oc4cc(-c5ccccc5-c5ccc6c(c5)sc5cc7ccccc7cc56)ccc4c32)cc1. The van der Waals surface area contributed by atoms with Gasteiger partial charge in [0.1, 0.15) is 11.1 Å². The molecule has 0 radical (unpaired) electrons. The Hall–Kier alpha value is -5.64. The van der Waals surface area contributed by atoms with Crippen LogP contribution in [0.25, 0.3) is 91.9 Å². The van der Waals surface area contributed by atoms with Crippen LogP contribution < -0.4 is 0 Å². The number of para-hydroxylation sites is 2. The second kappa shape index (κ2) is 9.43. The lowest BCUT2D eigenvalue weighted by molar-refractivity contribution is 0.673. The average molecular weight is 592 g/mol. The summed E-state index contributed by atoms with van der Waals surface area (Å²) in [5.74, 6) is 0. The summed E-state index contributed by atoms with van der Waals surface area (Å²) < 4.78 is 11.6. The molecule has 0 amide bonds. The first-order chi connectivity index (χ1) is 22.3. The maximum Gasteiger partial charge on any atom is 0.161 e. The highest BCUT2D eigenvalue weighted by Crippen LogP contribution is 2.43. The maximum absolute atomic E-state index is 6.68. The van der Waals surface area contributed by atoms with E-state index < -0.39 is 0 Å². The van der Waals surface area contributed by atoms with E-state index in [2.05, 4.69) is 156 Å². The molecule has 0 aliphatic rings. The van der Waals surface area contributed by atoms with Crippen LogP contribution in [0.1, 0.15) is 0 Å². The van der Waals surface area contributed by atoms with Crippen molar-refractivity contribution in [1.82, 2.24) is 4.57 Å². The Morgan fingerprint density at radius 1 is 0.467 bits per heavy atom. The minimum atomic E-state index is 0.898. The molecule has 0 fully saturated rings. The van der Waals surface area contributed by atoms with Gasteiger partial charge in [0.15, 0.2) is 5.58 Å². The Morgan fingerprint density at radius 2 is 1.11 bits per heavy atom. The summed E-state index contributed by atoms with van der Waals surface area (Å²) in [6.45, 7) is 0. The van der Waals surface area contributed by atoms with E-state index in [9.17, 15) is 0 Å². The third-order valence-corrected chi connectivity index (χ3v) is 10.3. The van der Waals surface area contributed by atoms with Crippen molar-refractivity contribution in [2.24, 2.45) is 0 Å². The molecule has 0 aliphatic heterocycles. The zero-order chi connectivity index (χ0) is 29.5. The lowest BCUT2D eigenvalue weighted by Gasteiger charge is -2.11. The van der Waals surface area contributed by atoms with Crippen molar-refractivity contribution in [2.75, 3.05) is 0 Å². The fourth-order valence-corrected chi connectivity index (χ4v) is 8.27. The van der Waals surface area contributed by atoms with Gasteiger partial charge in [-0.2, -0.15) is 0 Å². The fourth-order valence-electron chi connectivity index (χ4n) is 7.10. The third kappa shape index (κ3) is 3.68. The standard InChI is InChI=1S/C42H25NOS/c1-2-12-30(13-3-1)43-37-17-9-8-16-34(37)42-41(43)35-21-19-28(23-38(35)44-42)31-14-6-7-15-32(31)29-18-20-33-36-22-26-10-4-5-11-27(26)24-40(36)45-39(33)25-29/h1-25H. The largest absolute Gasteiger partial charge is 0.454 e. The summed E-state index contributed by atoms with van der Waals surface area (Å²) in [6, 6.07) is 54.7. The summed E-state index contributed by atoms with van der Waals surface area (Å²) in [5, 5.41) is 7.46. The van der Waals surface area contributed by atoms with Crippen LogP contribution in [0.4, 0.5) is 0 Å². The fraction of sp³-hybridized carbons (Fsp3) is 0. The molecule has 3 heterocycles. The van der Waals surface area contributed by atoms with Gasteiger partial charge in [0.25, 0.3) is 0 Å². The highest BCUT2D eigenvalue weighted by Gasteiger charge is 2.20. The van der Waals surface area contributed by atoms with E-state index in [-0.39, 0.29) is 0 Å². The highest BCUT2D eigenvalue weighted by molar-refractivity contribution is 7.25. The van der Waals surface area contributed by atoms with Crippen LogP contribution >= 0.6 is 11.3 Å². The molecule has 2 nitrogen and oxygen atoms in total. The number of furan rings is 1. The van der Waals surface area contributed by atoms with Crippen LogP contribution in [0.3, 0.4) is 0 Å². The Balaban J connectivity index is 1.14. The lowest BCUT2D eigenvalue weighted by Crippen LogP contribution is -1.92. The van der Waals surface area contributed by atoms with Crippen LogP contribution in [0.5, 0.6) is 0 Å². The van der Waals surface area contributed by atoms with Crippen LogP contribution in [0.15, 0.2) is 156 Å². The normalized spacial score (nSPS) is 12.0. The summed E-state index contributed by atoms with van der Waals surface area (Å²) in [4.78, 5) is 0. The van der Waals surface area contributed by atoms with Crippen molar-refractivity contribution in [3.8, 4) is 27.9 Å². The molecule has 0 aliphatic carbocycles. The van der Waals surface area contributed by atoms with E-state index in [1.807, 2.05) is 11.3 Å². The summed E-state index contributed by atoms with van der Waals surface area (Å²) in [6.07, 6.45) is 0. The van der Waals surface area contributed by atoms with E-state index in [0.717, 1.165) is 44.2 Å². The van der Waals surface area contributed by atoms with E-state index >= 15 is 0 Å². The first kappa shape index (κ1) is 24.8. The van der Waals surface area contributed by atoms with E-state index in [1.54, 1.807) is 0 Å². The molecule has 3 heteroatoms. The Bertz CT molecular complexity index is 2760. The van der Waals surface area contributed by atoms with Crippen LogP contribution in [0.2, 0.25) is 0 Å². The predicted octanol–water partition coefficient (Wildman–Crippen LogP) is 12.4. The molecule has 3 aromatic heterocycles. The molecule has 210 valence electrons. The van der Waals surface area contributed by atoms with Crippen LogP contribution in [-0.2, 0) is 0 Å². The van der Waals surface area contributed by atoms with Gasteiger partial charge in [-0.1, -0.05) is 97.1 Å². The van der Waals surface area contributed by atoms with Crippen molar-refractivity contribution < 1.29 is 4.42 Å². The molecule has 0 bridgehead atoms. The second-order valence-corrected chi connectivity index (χ2v) is 12.8. The molecular formula is C42H25NOS. The van der Waals surface area contributed by atoms with Crippen molar-refractivity contribution in [2.45, 2.75) is 0 Å². The van der Waals surface area contributed by atoms with Crippen molar-refractivity contribution in [3.63, 3.8) is 0 Å². The van der Waals surface area contributed by atoms with Crippen molar-refractivity contribution in [3.05, 3.63) is 152 Å². The molecule has 10 rings (SSSR count). The number of hydrogen-bond donors (Lipinski definition) is 0. The number of fused-ring (bicyclic) bond motifs is 9. The highest BCUT2D eigenvalue weighted by atomic mass is 32.1. The molecule has 0 spiro atoms. The number of hydrogen-bond acceptors (Lipinski definition) is 2. The van der Waals surface area contributed by atoms with E-state index in [4.69, 9.17) is 4.42 Å². The molecule has 0 unspecified atom stereocenters. The van der Waals surface area contributed by atoms with Gasteiger partial charge in [0.05, 0.1) is 5.52 Å². The monoisotopic (exact) mass is 591 g/mol. The number of thiophene rings is 1. The Kier molecular flexibility index (Phi) is 5.19. The minimum absolute atomic E-state index is 0.898. The number of benzene rings is 7. The van der Waals surface area contributed by atoms with Crippen LogP contribution in [-0.4, -0.2) is 4.57 Å². The van der Waals surface area contributed by atoms with Gasteiger partial charge in [0.2, 0.25) is 0 Å². The molecule has 10 aromatic rings. The first-order valence-corrected chi connectivity index (χ1v) is 16.1. The van der Waals surface area contributed by atoms with Crippen molar-refractivity contribution in [1.29, 1.82) is 0 Å². The van der Waals surface area contributed by atoms with Gasteiger partial charge in [-0.3, -0.25) is 0 Å². The molecule has 0 N–H and O–H groups in total. The zero-order valence-electron chi connectivity index (χ0n) is 24.2. The van der Waals surface area contributed by atoms with E-state index in [1.165, 1.54) is 47.6 Å². The Morgan fingerprint density at radius 3 is 1.93 bits per heavy atom. The number of rotatable bonds is 3. The third-order valence-electron chi connectivity index (χ3n) is 9.18. The lowest BCUT2D eigenvalue weighted by atomic mass is 9.93. The van der Waals surface area contributed by atoms with Crippen LogP contribution in [0, 0.1) is 0 Å². The molecule has 45 heavy (non-hydrogen) atoms. The van der Waals surface area contributed by atoms with Gasteiger partial charge in [0, 0.05) is 36.6 Å². The summed E-state index contributed by atoms with van der Waals surface area (Å²) in [5.41, 5.74) is 10.0. The van der Waals surface area contributed by atoms with Gasteiger partial charge >= 0.3 is 0 Å². The number of aromatic nitrogens is 1. The summed E-state index contributed by atoms with van der Waals surface area (Å²) in [7, 11) is 0. The van der Waals surface area contributed by atoms with Gasteiger partial charge in [-0.05, 0) is 87.6 Å². The molecule has 0 saturated carbocycles. The van der Waals surface area contributed by atoms with Gasteiger partial charge in [-0.15, -0.1) is 11.3 Å². The van der Waals surface area contributed by atoms with E-state index in [0.29, 0.717) is 0 Å². The zero-order valence-corrected chi connectivity index (χ0v) is 25.0. The summed E-state index contributed by atoms with van der Waals surface area (Å²) >= 11 is 1.88. The predicted molar refractivity (Wildman–Crippen MR) is 192 cm³/mol. The molecular weight excluding hydrogens is 567 g/mol. The van der Waals surface area contributed by atoms with Gasteiger partial charge < -0.3 is 8.98 Å². The maximum atomic E-state index is 6.68. The topological polar surface area (TPSA) is 18.1 Å². The second-order valence-electron chi connectivity index (χ2n) is 11.7.